The molecule has 2 aliphatic rings. The number of fused-ring (bicyclic) bond motifs is 2. The summed E-state index contributed by atoms with van der Waals surface area (Å²) in [6, 6.07) is 4.81. The van der Waals surface area contributed by atoms with E-state index < -0.39 is 5.97 Å². The first-order chi connectivity index (χ1) is 7.61. The van der Waals surface area contributed by atoms with Gasteiger partial charge in [-0.05, 0) is 53.9 Å². The van der Waals surface area contributed by atoms with Crippen LogP contribution in [0.15, 0.2) is 18.2 Å². The maximum atomic E-state index is 13.2. The van der Waals surface area contributed by atoms with Crippen LogP contribution in [0.4, 0.5) is 4.39 Å². The minimum Gasteiger partial charge on any atom is -0.481 e. The van der Waals surface area contributed by atoms with E-state index in [9.17, 15) is 9.18 Å². The van der Waals surface area contributed by atoms with Gasteiger partial charge in [0, 0.05) is 0 Å². The Morgan fingerprint density at radius 2 is 2.25 bits per heavy atom. The van der Waals surface area contributed by atoms with Crippen molar-refractivity contribution in [3.05, 3.63) is 35.1 Å². The molecule has 1 aromatic carbocycles. The van der Waals surface area contributed by atoms with Crippen LogP contribution >= 0.6 is 0 Å². The van der Waals surface area contributed by atoms with Gasteiger partial charge in [0.1, 0.15) is 5.82 Å². The number of aliphatic carboxylic acids is 1. The molecule has 16 heavy (non-hydrogen) atoms. The van der Waals surface area contributed by atoms with Gasteiger partial charge in [-0.1, -0.05) is 6.07 Å². The van der Waals surface area contributed by atoms with Crippen molar-refractivity contribution in [3.63, 3.8) is 0 Å². The molecule has 0 radical (unpaired) electrons. The predicted octanol–water partition coefficient (Wildman–Crippen LogP) is 2.82. The molecule has 2 aliphatic carbocycles. The largest absolute Gasteiger partial charge is 0.481 e. The molecular weight excluding hydrogens is 207 g/mol. The van der Waals surface area contributed by atoms with E-state index >= 15 is 0 Å². The highest BCUT2D eigenvalue weighted by atomic mass is 19.1. The first-order valence-corrected chi connectivity index (χ1v) is 5.62. The Morgan fingerprint density at radius 3 is 2.88 bits per heavy atom. The number of halogens is 1. The zero-order chi connectivity index (χ0) is 11.3. The molecule has 0 aromatic heterocycles. The topological polar surface area (TPSA) is 37.3 Å². The second-order valence-corrected chi connectivity index (χ2v) is 5.01. The van der Waals surface area contributed by atoms with E-state index in [0.29, 0.717) is 0 Å². The third kappa shape index (κ3) is 1.34. The van der Waals surface area contributed by atoms with E-state index in [4.69, 9.17) is 5.11 Å². The Balaban J connectivity index is 2.02. The monoisotopic (exact) mass is 220 g/mol. The van der Waals surface area contributed by atoms with Crippen molar-refractivity contribution < 1.29 is 14.3 Å². The van der Waals surface area contributed by atoms with Crippen molar-refractivity contribution in [3.8, 4) is 0 Å². The Bertz CT molecular complexity index is 463. The van der Waals surface area contributed by atoms with Crippen LogP contribution in [0.5, 0.6) is 0 Å². The zero-order valence-corrected chi connectivity index (χ0v) is 8.87. The first kappa shape index (κ1) is 9.82. The summed E-state index contributed by atoms with van der Waals surface area (Å²) in [5.74, 6) is -0.894. The smallest absolute Gasteiger partial charge is 0.303 e. The van der Waals surface area contributed by atoms with Crippen LogP contribution in [0, 0.1) is 5.82 Å². The number of hydrogen-bond donors (Lipinski definition) is 1. The highest BCUT2D eigenvalue weighted by molar-refractivity contribution is 5.69. The van der Waals surface area contributed by atoms with Crippen molar-refractivity contribution in [2.24, 2.45) is 0 Å². The number of carboxylic acid groups (broad SMARTS) is 1. The Kier molecular flexibility index (Phi) is 1.88. The molecule has 1 saturated carbocycles. The maximum absolute atomic E-state index is 13.2. The minimum absolute atomic E-state index is 0.0793. The van der Waals surface area contributed by atoms with E-state index in [2.05, 4.69) is 0 Å². The lowest BCUT2D eigenvalue weighted by atomic mass is 9.97. The van der Waals surface area contributed by atoms with Crippen LogP contribution in [0.25, 0.3) is 0 Å². The van der Waals surface area contributed by atoms with Crippen LogP contribution in [-0.2, 0) is 10.2 Å². The van der Waals surface area contributed by atoms with E-state index in [-0.39, 0.29) is 23.6 Å². The van der Waals surface area contributed by atoms with Gasteiger partial charge in [-0.15, -0.1) is 0 Å². The fraction of sp³-hybridized carbons (Fsp3) is 0.462. The molecule has 0 bridgehead atoms. The van der Waals surface area contributed by atoms with Gasteiger partial charge in [-0.25, -0.2) is 4.39 Å². The van der Waals surface area contributed by atoms with Gasteiger partial charge in [0.25, 0.3) is 0 Å². The minimum atomic E-state index is -0.766. The lowest BCUT2D eigenvalue weighted by Crippen LogP contribution is -2.04. The fourth-order valence-electron chi connectivity index (χ4n) is 3.05. The van der Waals surface area contributed by atoms with Crippen LogP contribution in [0.3, 0.4) is 0 Å². The Hall–Kier alpha value is -1.38. The maximum Gasteiger partial charge on any atom is 0.303 e. The van der Waals surface area contributed by atoms with Gasteiger partial charge in [-0.3, -0.25) is 4.79 Å². The van der Waals surface area contributed by atoms with Crippen LogP contribution in [0.2, 0.25) is 0 Å². The molecule has 3 heteroatoms. The molecule has 1 N–H and O–H groups in total. The van der Waals surface area contributed by atoms with E-state index in [1.807, 2.05) is 0 Å². The van der Waals surface area contributed by atoms with Crippen LogP contribution < -0.4 is 0 Å². The summed E-state index contributed by atoms with van der Waals surface area (Å²) in [6.07, 6.45) is 3.22. The highest BCUT2D eigenvalue weighted by Crippen LogP contribution is 2.61. The molecule has 1 aromatic rings. The summed E-state index contributed by atoms with van der Waals surface area (Å²) in [6.45, 7) is 0. The third-order valence-electron chi connectivity index (χ3n) is 3.94. The molecule has 1 spiro atoms. The van der Waals surface area contributed by atoms with Gasteiger partial charge in [0.2, 0.25) is 0 Å². The molecule has 2 nitrogen and oxygen atoms in total. The van der Waals surface area contributed by atoms with Crippen LogP contribution in [-0.4, -0.2) is 11.1 Å². The fourth-order valence-corrected chi connectivity index (χ4v) is 3.05. The molecule has 0 heterocycles. The van der Waals surface area contributed by atoms with E-state index in [1.165, 1.54) is 6.07 Å². The molecule has 1 fully saturated rings. The number of carboxylic acids is 1. The van der Waals surface area contributed by atoms with Crippen molar-refractivity contribution in [1.82, 2.24) is 0 Å². The molecule has 1 unspecified atom stereocenters. The van der Waals surface area contributed by atoms with Gasteiger partial charge >= 0.3 is 5.97 Å². The summed E-state index contributed by atoms with van der Waals surface area (Å²) in [7, 11) is 0. The average molecular weight is 220 g/mol. The molecule has 1 atom stereocenters. The summed E-state index contributed by atoms with van der Waals surface area (Å²) < 4.78 is 13.2. The van der Waals surface area contributed by atoms with Crippen molar-refractivity contribution in [2.45, 2.75) is 37.0 Å². The number of hydrogen-bond acceptors (Lipinski definition) is 1. The van der Waals surface area contributed by atoms with Crippen LogP contribution in [0.1, 0.15) is 42.7 Å². The average Bonchev–Trinajstić information content (AvgIpc) is 2.91. The second kappa shape index (κ2) is 3.06. The first-order valence-electron chi connectivity index (χ1n) is 5.62. The number of carbonyl (C=O) groups is 1. The zero-order valence-electron chi connectivity index (χ0n) is 8.87. The third-order valence-corrected chi connectivity index (χ3v) is 3.94. The molecule has 0 amide bonds. The van der Waals surface area contributed by atoms with Crippen molar-refractivity contribution in [2.75, 3.05) is 0 Å². The van der Waals surface area contributed by atoms with Gasteiger partial charge in [0.05, 0.1) is 6.42 Å². The Labute approximate surface area is 93.1 Å². The number of rotatable bonds is 2. The highest BCUT2D eigenvalue weighted by Gasteiger charge is 2.52. The summed E-state index contributed by atoms with van der Waals surface area (Å²) in [5, 5.41) is 8.87. The van der Waals surface area contributed by atoms with Crippen molar-refractivity contribution >= 4 is 5.97 Å². The molecule has 84 valence electrons. The standard InChI is InChI=1S/C13H13FO2/c14-9-1-2-10-8(5-12(15)16)7-13(3-4-13)11(10)6-9/h1-2,6,8H,3-5,7H2,(H,15,16). The normalized spacial score (nSPS) is 24.4. The van der Waals surface area contributed by atoms with Gasteiger partial charge < -0.3 is 5.11 Å². The number of benzene rings is 1. The SMILES string of the molecule is O=C(O)CC1CC2(CC2)c2cc(F)ccc21. The van der Waals surface area contributed by atoms with E-state index in [0.717, 1.165) is 30.4 Å². The predicted molar refractivity (Wildman–Crippen MR) is 56.9 cm³/mol. The summed E-state index contributed by atoms with van der Waals surface area (Å²) in [5.41, 5.74) is 2.25. The Morgan fingerprint density at radius 1 is 1.50 bits per heavy atom. The summed E-state index contributed by atoms with van der Waals surface area (Å²) >= 11 is 0. The molecule has 0 saturated heterocycles. The van der Waals surface area contributed by atoms with Gasteiger partial charge in [0.15, 0.2) is 0 Å². The summed E-state index contributed by atoms with van der Waals surface area (Å²) in [4.78, 5) is 10.8. The molecular formula is C13H13FO2. The molecule has 3 rings (SSSR count). The van der Waals surface area contributed by atoms with Gasteiger partial charge in [-0.2, -0.15) is 0 Å². The lowest BCUT2D eigenvalue weighted by molar-refractivity contribution is -0.137. The van der Waals surface area contributed by atoms with Crippen molar-refractivity contribution in [1.29, 1.82) is 0 Å². The van der Waals surface area contributed by atoms with E-state index in [1.54, 1.807) is 12.1 Å². The lowest BCUT2D eigenvalue weighted by Gasteiger charge is -2.07. The molecule has 0 aliphatic heterocycles. The quantitative estimate of drug-likeness (QED) is 0.832. The second-order valence-electron chi connectivity index (χ2n) is 5.01.